The number of nitrogens with one attached hydrogen (secondary N) is 1. The first-order chi connectivity index (χ1) is 12.7. The molecule has 26 heavy (non-hydrogen) atoms. The summed E-state index contributed by atoms with van der Waals surface area (Å²) in [6.07, 6.45) is 2.94. The van der Waals surface area contributed by atoms with Gasteiger partial charge in [-0.3, -0.25) is 14.9 Å². The van der Waals surface area contributed by atoms with Crippen molar-refractivity contribution in [3.63, 3.8) is 0 Å². The summed E-state index contributed by atoms with van der Waals surface area (Å²) < 4.78 is 10.8. The molecule has 0 saturated carbocycles. The Balaban J connectivity index is 1.64. The fraction of sp³-hybridized carbons (Fsp3) is 0.278. The van der Waals surface area contributed by atoms with Gasteiger partial charge in [0.2, 0.25) is 0 Å². The number of anilines is 1. The van der Waals surface area contributed by atoms with Gasteiger partial charge in [0.05, 0.1) is 11.8 Å². The molecule has 3 aromatic rings. The first-order valence-electron chi connectivity index (χ1n) is 8.22. The number of carbonyl (C=O) groups excluding carboxylic acids is 2. The number of carbonyl (C=O) groups is 2. The molecule has 0 unspecified atom stereocenters. The predicted octanol–water partition coefficient (Wildman–Crippen LogP) is 4.33. The maximum atomic E-state index is 13.0. The van der Waals surface area contributed by atoms with E-state index in [0.29, 0.717) is 53.1 Å². The molecular weight excluding hydrogens is 372 g/mol. The number of ether oxygens (including phenoxy) is 1. The molecule has 0 aliphatic carbocycles. The smallest absolute Gasteiger partial charge is 0.258 e. The summed E-state index contributed by atoms with van der Waals surface area (Å²) in [5.74, 6) is 0.232. The summed E-state index contributed by atoms with van der Waals surface area (Å²) in [6, 6.07) is 5.26. The number of nitrogens with zero attached hydrogens (tertiary/aromatic N) is 1. The maximum Gasteiger partial charge on any atom is 0.258 e. The fourth-order valence-electron chi connectivity index (χ4n) is 2.83. The number of ketones is 1. The average Bonchev–Trinajstić information content (AvgIpc) is 3.42. The van der Waals surface area contributed by atoms with Crippen molar-refractivity contribution in [3.05, 3.63) is 45.7 Å². The van der Waals surface area contributed by atoms with E-state index in [2.05, 4.69) is 10.3 Å². The molecule has 0 atom stereocenters. The van der Waals surface area contributed by atoms with Gasteiger partial charge >= 0.3 is 0 Å². The van der Waals surface area contributed by atoms with Crippen molar-refractivity contribution in [3.8, 4) is 11.5 Å². The van der Waals surface area contributed by atoms with Crippen LogP contribution in [0.25, 0.3) is 11.5 Å². The van der Waals surface area contributed by atoms with Gasteiger partial charge < -0.3 is 9.15 Å². The molecule has 1 fully saturated rings. The summed E-state index contributed by atoms with van der Waals surface area (Å²) in [6.45, 7) is 1.18. The van der Waals surface area contributed by atoms with Crippen LogP contribution in [-0.2, 0) is 4.74 Å². The molecular formula is C18H16N2O4S2. The first-order valence-corrected chi connectivity index (χ1v) is 9.98. The second kappa shape index (κ2) is 7.53. The van der Waals surface area contributed by atoms with E-state index >= 15 is 0 Å². The van der Waals surface area contributed by atoms with Crippen molar-refractivity contribution in [1.29, 1.82) is 0 Å². The van der Waals surface area contributed by atoms with Gasteiger partial charge in [0.1, 0.15) is 10.6 Å². The third-order valence-electron chi connectivity index (χ3n) is 4.20. The average molecular weight is 388 g/mol. The summed E-state index contributed by atoms with van der Waals surface area (Å²) in [7, 11) is 0. The SMILES string of the molecule is O=C(Nc1nc(-c2ccco2)c(C(=O)C2CCOCC2)s1)c1ccsc1. The second-order valence-corrected chi connectivity index (χ2v) is 7.67. The van der Waals surface area contributed by atoms with Crippen LogP contribution >= 0.6 is 22.7 Å². The number of rotatable bonds is 5. The van der Waals surface area contributed by atoms with E-state index in [0.717, 1.165) is 0 Å². The molecule has 0 bridgehead atoms. The highest BCUT2D eigenvalue weighted by atomic mass is 32.1. The van der Waals surface area contributed by atoms with E-state index in [4.69, 9.17) is 9.15 Å². The number of furan rings is 1. The second-order valence-electron chi connectivity index (χ2n) is 5.89. The van der Waals surface area contributed by atoms with Crippen molar-refractivity contribution in [2.75, 3.05) is 18.5 Å². The van der Waals surface area contributed by atoms with Crippen molar-refractivity contribution in [2.24, 2.45) is 5.92 Å². The van der Waals surface area contributed by atoms with Crippen molar-refractivity contribution in [1.82, 2.24) is 4.98 Å². The number of hydrogen-bond acceptors (Lipinski definition) is 7. The molecule has 1 saturated heterocycles. The van der Waals surface area contributed by atoms with Crippen LogP contribution in [0, 0.1) is 5.92 Å². The van der Waals surface area contributed by atoms with Gasteiger partial charge in [-0.25, -0.2) is 4.98 Å². The molecule has 3 aromatic heterocycles. The largest absolute Gasteiger partial charge is 0.463 e. The van der Waals surface area contributed by atoms with Crippen molar-refractivity contribution in [2.45, 2.75) is 12.8 Å². The lowest BCUT2D eigenvalue weighted by molar-refractivity contribution is 0.0547. The molecule has 1 aliphatic rings. The third kappa shape index (κ3) is 3.48. The van der Waals surface area contributed by atoms with E-state index in [1.165, 1.54) is 22.7 Å². The minimum absolute atomic E-state index is 0.0354. The minimum atomic E-state index is -0.240. The molecule has 6 nitrogen and oxygen atoms in total. The summed E-state index contributed by atoms with van der Waals surface area (Å²) in [4.78, 5) is 30.3. The standard InChI is InChI=1S/C18H16N2O4S2/c21-15(11-3-7-23-8-4-11)16-14(13-2-1-6-24-13)19-18(26-16)20-17(22)12-5-9-25-10-12/h1-2,5-6,9-11H,3-4,7-8H2,(H,19,20,22). The Labute approximate surface area is 157 Å². The van der Waals surface area contributed by atoms with Gasteiger partial charge in [-0.2, -0.15) is 11.3 Å². The van der Waals surface area contributed by atoms with E-state index in [1.54, 1.807) is 29.8 Å². The highest BCUT2D eigenvalue weighted by Crippen LogP contribution is 2.35. The summed E-state index contributed by atoms with van der Waals surface area (Å²) in [5, 5.41) is 6.78. The third-order valence-corrected chi connectivity index (χ3v) is 5.87. The van der Waals surface area contributed by atoms with Crippen LogP contribution in [0.15, 0.2) is 39.6 Å². The molecule has 1 amide bonds. The minimum Gasteiger partial charge on any atom is -0.463 e. The van der Waals surface area contributed by atoms with Crippen LogP contribution in [0.1, 0.15) is 32.9 Å². The van der Waals surface area contributed by atoms with Gasteiger partial charge in [0.25, 0.3) is 5.91 Å². The maximum absolute atomic E-state index is 13.0. The van der Waals surface area contributed by atoms with Gasteiger partial charge in [-0.1, -0.05) is 11.3 Å². The Hall–Kier alpha value is -2.29. The van der Waals surface area contributed by atoms with Crippen LogP contribution in [-0.4, -0.2) is 29.9 Å². The number of hydrogen-bond donors (Lipinski definition) is 1. The molecule has 4 heterocycles. The normalized spacial score (nSPS) is 15.1. The van der Waals surface area contributed by atoms with Crippen LogP contribution < -0.4 is 5.32 Å². The van der Waals surface area contributed by atoms with E-state index < -0.39 is 0 Å². The first kappa shape index (κ1) is 17.1. The van der Waals surface area contributed by atoms with E-state index in [9.17, 15) is 9.59 Å². The lowest BCUT2D eigenvalue weighted by Crippen LogP contribution is -2.23. The van der Waals surface area contributed by atoms with Crippen molar-refractivity contribution >= 4 is 39.5 Å². The summed E-state index contributed by atoms with van der Waals surface area (Å²) in [5.41, 5.74) is 1.05. The number of Topliss-reactive ketones (excluding diaryl/α,β-unsaturated/α-hetero) is 1. The Bertz CT molecular complexity index is 894. The number of amides is 1. The van der Waals surface area contributed by atoms with E-state index in [1.807, 2.05) is 5.38 Å². The topological polar surface area (TPSA) is 81.4 Å². The molecule has 0 spiro atoms. The molecule has 1 aliphatic heterocycles. The van der Waals surface area contributed by atoms with Gasteiger partial charge in [-0.05, 0) is 36.4 Å². The number of aromatic nitrogens is 1. The van der Waals surface area contributed by atoms with Crippen molar-refractivity contribution < 1.29 is 18.7 Å². The van der Waals surface area contributed by atoms with Crippen LogP contribution in [0.2, 0.25) is 0 Å². The zero-order chi connectivity index (χ0) is 17.9. The Kier molecular flexibility index (Phi) is 4.96. The van der Waals surface area contributed by atoms with Gasteiger partial charge in [0.15, 0.2) is 16.7 Å². The van der Waals surface area contributed by atoms with Crippen LogP contribution in [0.3, 0.4) is 0 Å². The highest BCUT2D eigenvalue weighted by molar-refractivity contribution is 7.18. The zero-order valence-electron chi connectivity index (χ0n) is 13.8. The molecule has 134 valence electrons. The van der Waals surface area contributed by atoms with Gasteiger partial charge in [0, 0.05) is 24.5 Å². The molecule has 0 aromatic carbocycles. The Morgan fingerprint density at radius 2 is 2.08 bits per heavy atom. The zero-order valence-corrected chi connectivity index (χ0v) is 15.4. The molecule has 4 rings (SSSR count). The quantitative estimate of drug-likeness (QED) is 0.658. The van der Waals surface area contributed by atoms with Gasteiger partial charge in [-0.15, -0.1) is 0 Å². The van der Waals surface area contributed by atoms with Crippen LogP contribution in [0.5, 0.6) is 0 Å². The molecule has 1 N–H and O–H groups in total. The predicted molar refractivity (Wildman–Crippen MR) is 100.0 cm³/mol. The Morgan fingerprint density at radius 1 is 1.23 bits per heavy atom. The summed E-state index contributed by atoms with van der Waals surface area (Å²) >= 11 is 2.64. The molecule has 0 radical (unpaired) electrons. The monoisotopic (exact) mass is 388 g/mol. The highest BCUT2D eigenvalue weighted by Gasteiger charge is 2.29. The van der Waals surface area contributed by atoms with Crippen LogP contribution in [0.4, 0.5) is 5.13 Å². The number of thiazole rings is 1. The Morgan fingerprint density at radius 3 is 2.77 bits per heavy atom. The number of thiophene rings is 1. The fourth-order valence-corrected chi connectivity index (χ4v) is 4.45. The molecule has 8 heteroatoms. The lowest BCUT2D eigenvalue weighted by atomic mass is 9.94. The lowest BCUT2D eigenvalue weighted by Gasteiger charge is -2.20. The van der Waals surface area contributed by atoms with E-state index in [-0.39, 0.29) is 17.6 Å².